The monoisotopic (exact) mass is 260 g/mol. The van der Waals surface area contributed by atoms with Gasteiger partial charge in [-0.05, 0) is 25.5 Å². The van der Waals surface area contributed by atoms with Crippen molar-refractivity contribution in [1.82, 2.24) is 4.98 Å². The molecule has 0 spiro atoms. The summed E-state index contributed by atoms with van der Waals surface area (Å²) in [7, 11) is 0. The van der Waals surface area contributed by atoms with Gasteiger partial charge in [0.05, 0.1) is 11.4 Å². The summed E-state index contributed by atoms with van der Waals surface area (Å²) >= 11 is 0. The fourth-order valence-corrected chi connectivity index (χ4v) is 1.84. The van der Waals surface area contributed by atoms with Crippen molar-refractivity contribution in [2.45, 2.75) is 52.9 Å². The molecule has 3 heteroatoms. The van der Waals surface area contributed by atoms with E-state index in [1.54, 1.807) is 6.07 Å². The first-order valence-corrected chi connectivity index (χ1v) is 7.20. The molecule has 0 saturated carbocycles. The van der Waals surface area contributed by atoms with Crippen LogP contribution in [0.15, 0.2) is 23.2 Å². The lowest BCUT2D eigenvalue weighted by Gasteiger charge is -2.03. The predicted molar refractivity (Wildman–Crippen MR) is 80.1 cm³/mol. The Morgan fingerprint density at radius 3 is 2.58 bits per heavy atom. The number of hydrogen-bond acceptors (Lipinski definition) is 3. The van der Waals surface area contributed by atoms with Crippen LogP contribution in [-0.2, 0) is 0 Å². The molecular weight excluding hydrogens is 236 g/mol. The summed E-state index contributed by atoms with van der Waals surface area (Å²) in [5, 5.41) is 0. The molecule has 0 aliphatic rings. The van der Waals surface area contributed by atoms with Crippen LogP contribution in [0.25, 0.3) is 0 Å². The van der Waals surface area contributed by atoms with Crippen LogP contribution < -0.4 is 0 Å². The Morgan fingerprint density at radius 1 is 1.16 bits per heavy atom. The van der Waals surface area contributed by atoms with Crippen molar-refractivity contribution in [1.29, 1.82) is 0 Å². The summed E-state index contributed by atoms with van der Waals surface area (Å²) in [4.78, 5) is 20.5. The Labute approximate surface area is 116 Å². The van der Waals surface area contributed by atoms with Crippen LogP contribution in [0.3, 0.4) is 0 Å². The quantitative estimate of drug-likeness (QED) is 0.402. The van der Waals surface area contributed by atoms with E-state index < -0.39 is 0 Å². The molecule has 0 bridgehead atoms. The van der Waals surface area contributed by atoms with Crippen molar-refractivity contribution in [3.05, 3.63) is 29.6 Å². The molecule has 0 aromatic carbocycles. The van der Waals surface area contributed by atoms with Crippen LogP contribution in [0.1, 0.15) is 69.1 Å². The Bertz CT molecular complexity index is 438. The summed E-state index contributed by atoms with van der Waals surface area (Å²) in [5.74, 6) is 0.0811. The van der Waals surface area contributed by atoms with Crippen molar-refractivity contribution in [3.8, 4) is 0 Å². The number of pyridine rings is 1. The number of nitrogens with zero attached hydrogens (tertiary/aromatic N) is 2. The average molecular weight is 260 g/mol. The van der Waals surface area contributed by atoms with E-state index in [-0.39, 0.29) is 5.78 Å². The minimum Gasteiger partial charge on any atom is -0.292 e. The lowest BCUT2D eigenvalue weighted by atomic mass is 10.1. The van der Waals surface area contributed by atoms with Gasteiger partial charge in [-0.15, -0.1) is 0 Å². The molecule has 104 valence electrons. The van der Waals surface area contributed by atoms with E-state index >= 15 is 0 Å². The number of rotatable bonds is 8. The van der Waals surface area contributed by atoms with Crippen molar-refractivity contribution in [3.63, 3.8) is 0 Å². The summed E-state index contributed by atoms with van der Waals surface area (Å²) in [6.45, 7) is 6.86. The first-order chi connectivity index (χ1) is 9.19. The number of aromatic nitrogens is 1. The second kappa shape index (κ2) is 8.57. The Balaban J connectivity index is 2.63. The molecule has 0 N–H and O–H groups in total. The van der Waals surface area contributed by atoms with Crippen LogP contribution in [0.5, 0.6) is 0 Å². The third kappa shape index (κ3) is 5.33. The van der Waals surface area contributed by atoms with Crippen molar-refractivity contribution >= 4 is 11.5 Å². The third-order valence-corrected chi connectivity index (χ3v) is 3.09. The lowest BCUT2D eigenvalue weighted by molar-refractivity contribution is 0.0983. The zero-order valence-corrected chi connectivity index (χ0v) is 12.3. The van der Waals surface area contributed by atoms with Gasteiger partial charge in [-0.1, -0.05) is 39.2 Å². The molecule has 0 amide bonds. The van der Waals surface area contributed by atoms with E-state index in [0.29, 0.717) is 12.1 Å². The van der Waals surface area contributed by atoms with Gasteiger partial charge in [0.25, 0.3) is 0 Å². The van der Waals surface area contributed by atoms with Gasteiger partial charge in [0, 0.05) is 13.0 Å². The number of ketones is 1. The molecule has 1 aromatic rings. The van der Waals surface area contributed by atoms with Crippen LogP contribution in [0.2, 0.25) is 0 Å². The van der Waals surface area contributed by atoms with Crippen molar-refractivity contribution in [2.75, 3.05) is 6.54 Å². The molecule has 0 aliphatic heterocycles. The van der Waals surface area contributed by atoms with Gasteiger partial charge in [0.15, 0.2) is 5.78 Å². The smallest absolute Gasteiger partial charge is 0.180 e. The number of carbonyl (C=O) groups is 1. The molecule has 3 nitrogen and oxygen atoms in total. The summed E-state index contributed by atoms with van der Waals surface area (Å²) in [6, 6.07) is 5.56. The van der Waals surface area contributed by atoms with Gasteiger partial charge in [0.1, 0.15) is 5.69 Å². The van der Waals surface area contributed by atoms with Gasteiger partial charge in [-0.25, -0.2) is 4.98 Å². The zero-order valence-electron chi connectivity index (χ0n) is 12.3. The largest absolute Gasteiger partial charge is 0.292 e. The topological polar surface area (TPSA) is 42.3 Å². The maximum atomic E-state index is 11.6. The Morgan fingerprint density at radius 2 is 1.89 bits per heavy atom. The molecule has 19 heavy (non-hydrogen) atoms. The van der Waals surface area contributed by atoms with Gasteiger partial charge >= 0.3 is 0 Å². The third-order valence-electron chi connectivity index (χ3n) is 3.09. The summed E-state index contributed by atoms with van der Waals surface area (Å²) < 4.78 is 0. The fraction of sp³-hybridized carbons (Fsp3) is 0.562. The highest BCUT2D eigenvalue weighted by Gasteiger charge is 2.06. The second-order valence-corrected chi connectivity index (χ2v) is 4.71. The molecule has 1 rings (SSSR count). The van der Waals surface area contributed by atoms with Crippen LogP contribution >= 0.6 is 0 Å². The standard InChI is InChI=1S/C16H24N2O/c1-4-6-7-8-12-17-13(3)14-10-9-11-15(18-14)16(19)5-2/h9-11H,4-8,12H2,1-3H3. The summed E-state index contributed by atoms with van der Waals surface area (Å²) in [6.07, 6.45) is 5.36. The van der Waals surface area contributed by atoms with Gasteiger partial charge < -0.3 is 0 Å². The first-order valence-electron chi connectivity index (χ1n) is 7.20. The molecule has 0 radical (unpaired) electrons. The minimum atomic E-state index is 0.0811. The highest BCUT2D eigenvalue weighted by atomic mass is 16.1. The predicted octanol–water partition coefficient (Wildman–Crippen LogP) is 4.06. The number of Topliss-reactive ketones (excluding diaryl/α,β-unsaturated/α-hetero) is 1. The molecule has 0 unspecified atom stereocenters. The minimum absolute atomic E-state index is 0.0811. The fourth-order valence-electron chi connectivity index (χ4n) is 1.84. The lowest BCUT2D eigenvalue weighted by Crippen LogP contribution is -2.06. The van der Waals surface area contributed by atoms with E-state index in [2.05, 4.69) is 16.9 Å². The maximum absolute atomic E-state index is 11.6. The first kappa shape index (κ1) is 15.5. The average Bonchev–Trinajstić information content (AvgIpc) is 2.46. The van der Waals surface area contributed by atoms with Gasteiger partial charge in [0.2, 0.25) is 0 Å². The number of hydrogen-bond donors (Lipinski definition) is 0. The van der Waals surface area contributed by atoms with Crippen LogP contribution in [0, 0.1) is 0 Å². The van der Waals surface area contributed by atoms with E-state index in [1.807, 2.05) is 26.0 Å². The Kier molecular flexibility index (Phi) is 7.01. The Hall–Kier alpha value is -1.51. The van der Waals surface area contributed by atoms with E-state index in [0.717, 1.165) is 24.4 Å². The molecule has 0 saturated heterocycles. The molecular formula is C16H24N2O. The van der Waals surface area contributed by atoms with E-state index in [9.17, 15) is 4.79 Å². The molecule has 0 fully saturated rings. The summed E-state index contributed by atoms with van der Waals surface area (Å²) in [5.41, 5.74) is 2.28. The number of aliphatic imine (C=N–C) groups is 1. The SMILES string of the molecule is CCCCCCN=C(C)c1cccc(C(=O)CC)n1. The van der Waals surface area contributed by atoms with Crippen molar-refractivity contribution in [2.24, 2.45) is 4.99 Å². The van der Waals surface area contributed by atoms with E-state index in [4.69, 9.17) is 0 Å². The number of unbranched alkanes of at least 4 members (excludes halogenated alkanes) is 3. The van der Waals surface area contributed by atoms with Gasteiger partial charge in [-0.2, -0.15) is 0 Å². The van der Waals surface area contributed by atoms with Crippen molar-refractivity contribution < 1.29 is 4.79 Å². The van der Waals surface area contributed by atoms with Crippen LogP contribution in [0.4, 0.5) is 0 Å². The molecule has 1 heterocycles. The highest BCUT2D eigenvalue weighted by Crippen LogP contribution is 2.05. The zero-order chi connectivity index (χ0) is 14.1. The normalized spacial score (nSPS) is 11.6. The molecule has 0 atom stereocenters. The molecule has 1 aromatic heterocycles. The highest BCUT2D eigenvalue weighted by molar-refractivity contribution is 5.99. The second-order valence-electron chi connectivity index (χ2n) is 4.71. The van der Waals surface area contributed by atoms with E-state index in [1.165, 1.54) is 19.3 Å². The maximum Gasteiger partial charge on any atom is 0.180 e. The molecule has 0 aliphatic carbocycles. The van der Waals surface area contributed by atoms with Crippen LogP contribution in [-0.4, -0.2) is 23.0 Å². The van der Waals surface area contributed by atoms with Gasteiger partial charge in [-0.3, -0.25) is 9.79 Å². The number of carbonyl (C=O) groups excluding carboxylic acids is 1.